The summed E-state index contributed by atoms with van der Waals surface area (Å²) in [6, 6.07) is 16.6. The number of pyridine rings is 1. The van der Waals surface area contributed by atoms with E-state index in [1.165, 1.54) is 0 Å². The molecule has 2 heterocycles. The lowest BCUT2D eigenvalue weighted by molar-refractivity contribution is 0.0520. The second-order valence-electron chi connectivity index (χ2n) is 6.08. The fraction of sp³-hybridized carbons (Fsp3) is 0.0952. The van der Waals surface area contributed by atoms with Crippen molar-refractivity contribution in [1.82, 2.24) is 9.97 Å². The van der Waals surface area contributed by atoms with Gasteiger partial charge in [0.2, 0.25) is 0 Å². The van der Waals surface area contributed by atoms with Gasteiger partial charge in [-0.25, -0.2) is 4.79 Å². The van der Waals surface area contributed by atoms with Crippen LogP contribution in [0.5, 0.6) is 0 Å². The first-order valence-corrected chi connectivity index (χ1v) is 8.60. The van der Waals surface area contributed by atoms with E-state index in [1.54, 1.807) is 31.3 Å². The fourth-order valence-corrected chi connectivity index (χ4v) is 2.93. The lowest BCUT2D eigenvalue weighted by Crippen LogP contribution is -2.12. The maximum atomic E-state index is 12.6. The number of H-pyrrole nitrogens is 1. The molecule has 2 N–H and O–H groups in total. The number of hydrogen-bond donors (Lipinski definition) is 2. The molecule has 27 heavy (non-hydrogen) atoms. The van der Waals surface area contributed by atoms with Crippen molar-refractivity contribution < 1.29 is 14.3 Å². The molecule has 6 nitrogen and oxygen atoms in total. The molecule has 4 rings (SSSR count). The summed E-state index contributed by atoms with van der Waals surface area (Å²) in [6.45, 7) is 2.07. The molecule has 134 valence electrons. The van der Waals surface area contributed by atoms with Crippen molar-refractivity contribution in [3.05, 3.63) is 72.1 Å². The quantitative estimate of drug-likeness (QED) is 0.536. The highest BCUT2D eigenvalue weighted by Crippen LogP contribution is 2.21. The highest BCUT2D eigenvalue weighted by atomic mass is 16.5. The molecule has 0 spiro atoms. The number of aromatic nitrogens is 2. The molecule has 0 aliphatic heterocycles. The monoisotopic (exact) mass is 359 g/mol. The number of fused-ring (bicyclic) bond motifs is 2. The second kappa shape index (κ2) is 6.92. The van der Waals surface area contributed by atoms with Gasteiger partial charge in [-0.15, -0.1) is 0 Å². The molecule has 0 fully saturated rings. The molecule has 2 aromatic heterocycles. The summed E-state index contributed by atoms with van der Waals surface area (Å²) < 4.78 is 5.00. The first-order valence-electron chi connectivity index (χ1n) is 8.60. The number of para-hydroxylation sites is 1. The van der Waals surface area contributed by atoms with E-state index >= 15 is 0 Å². The molecule has 0 aliphatic carbocycles. The van der Waals surface area contributed by atoms with Gasteiger partial charge in [-0.3, -0.25) is 9.78 Å². The van der Waals surface area contributed by atoms with Crippen LogP contribution in [0.4, 0.5) is 5.69 Å². The number of nitrogens with one attached hydrogen (secondary N) is 2. The first-order chi connectivity index (χ1) is 13.1. The Kier molecular flexibility index (Phi) is 4.30. The largest absolute Gasteiger partial charge is 0.461 e. The molecule has 6 heteroatoms. The number of carbonyl (C=O) groups is 2. The number of hydrogen-bond acceptors (Lipinski definition) is 4. The maximum Gasteiger partial charge on any atom is 0.354 e. The van der Waals surface area contributed by atoms with Gasteiger partial charge in [-0.1, -0.05) is 18.2 Å². The topological polar surface area (TPSA) is 84.1 Å². The third-order valence-corrected chi connectivity index (χ3v) is 4.23. The SMILES string of the molecule is CCOC(=O)c1cc2cc(NC(=O)c3cnc4ccccc4c3)ccc2[nH]1. The van der Waals surface area contributed by atoms with Crippen molar-refractivity contribution >= 4 is 39.4 Å². The van der Waals surface area contributed by atoms with Gasteiger partial charge in [0, 0.05) is 28.2 Å². The lowest BCUT2D eigenvalue weighted by Gasteiger charge is -2.06. The normalized spacial score (nSPS) is 10.9. The van der Waals surface area contributed by atoms with E-state index in [0.717, 1.165) is 21.8 Å². The molecule has 4 aromatic rings. The Morgan fingerprint density at radius 3 is 2.78 bits per heavy atom. The van der Waals surface area contributed by atoms with Crippen LogP contribution in [0.15, 0.2) is 60.8 Å². The minimum atomic E-state index is -0.401. The number of amides is 1. The zero-order valence-electron chi connectivity index (χ0n) is 14.7. The van der Waals surface area contributed by atoms with Crippen molar-refractivity contribution in [2.24, 2.45) is 0 Å². The van der Waals surface area contributed by atoms with Crippen molar-refractivity contribution in [2.45, 2.75) is 6.92 Å². The Bertz CT molecular complexity index is 1160. The molecule has 2 aromatic carbocycles. The van der Waals surface area contributed by atoms with Crippen molar-refractivity contribution in [1.29, 1.82) is 0 Å². The van der Waals surface area contributed by atoms with E-state index in [9.17, 15) is 9.59 Å². The van der Waals surface area contributed by atoms with E-state index in [2.05, 4.69) is 15.3 Å². The van der Waals surface area contributed by atoms with Crippen LogP contribution in [0, 0.1) is 0 Å². The number of nitrogens with zero attached hydrogens (tertiary/aromatic N) is 1. The average molecular weight is 359 g/mol. The fourth-order valence-electron chi connectivity index (χ4n) is 2.93. The summed E-state index contributed by atoms with van der Waals surface area (Å²) in [7, 11) is 0. The number of esters is 1. The van der Waals surface area contributed by atoms with Gasteiger partial charge < -0.3 is 15.0 Å². The predicted molar refractivity (Wildman–Crippen MR) is 104 cm³/mol. The molecular weight excluding hydrogens is 342 g/mol. The Balaban J connectivity index is 1.58. The molecule has 0 aliphatic rings. The highest BCUT2D eigenvalue weighted by molar-refractivity contribution is 6.06. The number of carbonyl (C=O) groups excluding carboxylic acids is 2. The Morgan fingerprint density at radius 1 is 1.07 bits per heavy atom. The number of anilines is 1. The van der Waals surface area contributed by atoms with E-state index in [-0.39, 0.29) is 5.91 Å². The Hall–Kier alpha value is -3.67. The average Bonchev–Trinajstić information content (AvgIpc) is 3.11. The maximum absolute atomic E-state index is 12.6. The van der Waals surface area contributed by atoms with Crippen LogP contribution in [0.1, 0.15) is 27.8 Å². The second-order valence-corrected chi connectivity index (χ2v) is 6.08. The van der Waals surface area contributed by atoms with Crippen molar-refractivity contribution in [3.63, 3.8) is 0 Å². The van der Waals surface area contributed by atoms with Gasteiger partial charge in [0.15, 0.2) is 0 Å². The van der Waals surface area contributed by atoms with Crippen LogP contribution < -0.4 is 5.32 Å². The standard InChI is InChI=1S/C21H17N3O3/c1-2-27-21(26)19-11-14-10-16(7-8-18(14)24-19)23-20(25)15-9-13-5-3-4-6-17(13)22-12-15/h3-12,24H,2H2,1H3,(H,23,25). The summed E-state index contributed by atoms with van der Waals surface area (Å²) in [5.41, 5.74) is 3.14. The minimum absolute atomic E-state index is 0.242. The predicted octanol–water partition coefficient (Wildman–Crippen LogP) is 4.15. The van der Waals surface area contributed by atoms with Gasteiger partial charge >= 0.3 is 5.97 Å². The summed E-state index contributed by atoms with van der Waals surface area (Å²) >= 11 is 0. The van der Waals surface area contributed by atoms with Crippen LogP contribution in [-0.2, 0) is 4.74 Å². The number of rotatable bonds is 4. The van der Waals surface area contributed by atoms with Crippen LogP contribution in [0.25, 0.3) is 21.8 Å². The highest BCUT2D eigenvalue weighted by Gasteiger charge is 2.12. The Morgan fingerprint density at radius 2 is 1.93 bits per heavy atom. The Labute approximate surface area is 155 Å². The molecule has 0 bridgehead atoms. The molecule has 0 radical (unpaired) electrons. The first kappa shape index (κ1) is 16.8. The molecule has 0 saturated carbocycles. The molecular formula is C21H17N3O3. The zero-order valence-corrected chi connectivity index (χ0v) is 14.7. The zero-order chi connectivity index (χ0) is 18.8. The van der Waals surface area contributed by atoms with Crippen LogP contribution >= 0.6 is 0 Å². The molecule has 0 unspecified atom stereocenters. The van der Waals surface area contributed by atoms with Gasteiger partial charge in [-0.2, -0.15) is 0 Å². The third-order valence-electron chi connectivity index (χ3n) is 4.23. The smallest absolute Gasteiger partial charge is 0.354 e. The van der Waals surface area contributed by atoms with Gasteiger partial charge in [0.25, 0.3) is 5.91 Å². The third kappa shape index (κ3) is 3.37. The summed E-state index contributed by atoms with van der Waals surface area (Å²) in [5.74, 6) is -0.643. The van der Waals surface area contributed by atoms with Crippen LogP contribution in [0.3, 0.4) is 0 Å². The number of ether oxygens (including phenoxy) is 1. The van der Waals surface area contributed by atoms with Crippen LogP contribution in [-0.4, -0.2) is 28.5 Å². The summed E-state index contributed by atoms with van der Waals surface area (Å²) in [6.07, 6.45) is 1.56. The van der Waals surface area contributed by atoms with Gasteiger partial charge in [0.05, 0.1) is 17.7 Å². The van der Waals surface area contributed by atoms with Crippen molar-refractivity contribution in [2.75, 3.05) is 11.9 Å². The number of aromatic amines is 1. The van der Waals surface area contributed by atoms with E-state index in [4.69, 9.17) is 4.74 Å². The lowest BCUT2D eigenvalue weighted by atomic mass is 10.1. The van der Waals surface area contributed by atoms with Crippen LogP contribution in [0.2, 0.25) is 0 Å². The molecule has 0 saturated heterocycles. The number of benzene rings is 2. The minimum Gasteiger partial charge on any atom is -0.461 e. The van der Waals surface area contributed by atoms with Crippen molar-refractivity contribution in [3.8, 4) is 0 Å². The molecule has 0 atom stereocenters. The van der Waals surface area contributed by atoms with Gasteiger partial charge in [0.1, 0.15) is 5.69 Å². The van der Waals surface area contributed by atoms with E-state index < -0.39 is 5.97 Å². The molecule has 1 amide bonds. The van der Waals surface area contributed by atoms with Gasteiger partial charge in [-0.05, 0) is 43.3 Å². The van der Waals surface area contributed by atoms with E-state index in [1.807, 2.05) is 36.4 Å². The summed E-state index contributed by atoms with van der Waals surface area (Å²) in [5, 5.41) is 4.59. The summed E-state index contributed by atoms with van der Waals surface area (Å²) in [4.78, 5) is 31.7. The van der Waals surface area contributed by atoms with E-state index in [0.29, 0.717) is 23.6 Å².